The van der Waals surface area contributed by atoms with Gasteiger partial charge >= 0.3 is 0 Å². The number of benzene rings is 2. The van der Waals surface area contributed by atoms with Gasteiger partial charge in [0.05, 0.1) is 27.9 Å². The maximum atomic E-state index is 5.90. The average Bonchev–Trinajstić information content (AvgIpc) is 3.06. The Balaban J connectivity index is 1.74. The van der Waals surface area contributed by atoms with Crippen LogP contribution in [-0.4, -0.2) is 34.0 Å². The third-order valence-electron chi connectivity index (χ3n) is 4.75. The van der Waals surface area contributed by atoms with Crippen LogP contribution in [0.3, 0.4) is 0 Å². The molecule has 0 unspecified atom stereocenters. The molecule has 0 saturated carbocycles. The van der Waals surface area contributed by atoms with Crippen molar-refractivity contribution >= 4 is 0 Å². The molecule has 1 atom stereocenters. The van der Waals surface area contributed by atoms with Gasteiger partial charge < -0.3 is 29.0 Å². The van der Waals surface area contributed by atoms with Gasteiger partial charge in [0.1, 0.15) is 17.6 Å². The summed E-state index contributed by atoms with van der Waals surface area (Å²) in [6, 6.07) is 8.10. The highest BCUT2D eigenvalue weighted by Gasteiger charge is 2.22. The van der Waals surface area contributed by atoms with E-state index in [1.807, 2.05) is 19.1 Å². The van der Waals surface area contributed by atoms with Crippen LogP contribution in [0.2, 0.25) is 0 Å². The summed E-state index contributed by atoms with van der Waals surface area (Å²) in [6.45, 7) is 6.03. The van der Waals surface area contributed by atoms with Crippen LogP contribution in [0, 0.1) is 0 Å². The topological polar surface area (TPSA) is 58.2 Å². The molecule has 6 heteroatoms. The number of hydrogen-bond donors (Lipinski definition) is 1. The quantitative estimate of drug-likeness (QED) is 0.708. The van der Waals surface area contributed by atoms with Crippen LogP contribution >= 0.6 is 0 Å². The lowest BCUT2D eigenvalue weighted by Crippen LogP contribution is -2.14. The Kier molecular flexibility index (Phi) is 6.52. The SMILES string of the molecule is CCOc1cc2c(cc1CNCc1cc(OC)c(OC)c(OC)c1)O[C@@H](C)C2. The van der Waals surface area contributed by atoms with Crippen LogP contribution in [0.5, 0.6) is 28.7 Å². The minimum absolute atomic E-state index is 0.215. The molecule has 0 aliphatic carbocycles. The Labute approximate surface area is 166 Å². The van der Waals surface area contributed by atoms with Crippen molar-refractivity contribution in [3.8, 4) is 28.7 Å². The summed E-state index contributed by atoms with van der Waals surface area (Å²) < 4.78 is 28.0. The van der Waals surface area contributed by atoms with Gasteiger partial charge in [-0.25, -0.2) is 0 Å². The van der Waals surface area contributed by atoms with Crippen LogP contribution in [-0.2, 0) is 19.5 Å². The minimum Gasteiger partial charge on any atom is -0.494 e. The number of rotatable bonds is 9. The molecule has 1 aliphatic rings. The zero-order chi connectivity index (χ0) is 20.1. The summed E-state index contributed by atoms with van der Waals surface area (Å²) in [5.74, 6) is 3.76. The normalized spacial score (nSPS) is 15.0. The smallest absolute Gasteiger partial charge is 0.203 e. The molecule has 0 bridgehead atoms. The number of nitrogens with one attached hydrogen (secondary N) is 1. The van der Waals surface area contributed by atoms with Crippen molar-refractivity contribution in [2.24, 2.45) is 0 Å². The zero-order valence-corrected chi connectivity index (χ0v) is 17.3. The van der Waals surface area contributed by atoms with E-state index in [0.29, 0.717) is 36.9 Å². The van der Waals surface area contributed by atoms with Crippen molar-refractivity contribution in [1.82, 2.24) is 5.32 Å². The fraction of sp³-hybridized carbons (Fsp3) is 0.455. The maximum absolute atomic E-state index is 5.90. The van der Waals surface area contributed by atoms with Gasteiger partial charge in [0.15, 0.2) is 11.5 Å². The standard InChI is InChI=1S/C22H29NO5/c1-6-27-18-10-16-7-14(2)28-19(16)11-17(18)13-23-12-15-8-20(24-3)22(26-5)21(9-15)25-4/h8-11,14,23H,6-7,12-13H2,1-5H3/t14-/m0/s1. The lowest BCUT2D eigenvalue weighted by atomic mass is 10.1. The molecular formula is C22H29NO5. The third kappa shape index (κ3) is 4.28. The summed E-state index contributed by atoms with van der Waals surface area (Å²) in [5, 5.41) is 3.47. The molecule has 1 N–H and O–H groups in total. The van der Waals surface area contributed by atoms with Gasteiger partial charge in [-0.05, 0) is 43.7 Å². The highest BCUT2D eigenvalue weighted by atomic mass is 16.5. The maximum Gasteiger partial charge on any atom is 0.203 e. The van der Waals surface area contributed by atoms with E-state index in [1.54, 1.807) is 21.3 Å². The van der Waals surface area contributed by atoms with Gasteiger partial charge in [-0.1, -0.05) is 0 Å². The third-order valence-corrected chi connectivity index (χ3v) is 4.75. The van der Waals surface area contributed by atoms with Crippen LogP contribution < -0.4 is 29.0 Å². The lowest BCUT2D eigenvalue weighted by molar-refractivity contribution is 0.254. The van der Waals surface area contributed by atoms with Gasteiger partial charge in [0.25, 0.3) is 0 Å². The first-order valence-corrected chi connectivity index (χ1v) is 9.54. The second kappa shape index (κ2) is 9.06. The molecule has 2 aromatic rings. The molecule has 2 aromatic carbocycles. The zero-order valence-electron chi connectivity index (χ0n) is 17.3. The molecule has 0 spiro atoms. The molecule has 0 fully saturated rings. The molecule has 28 heavy (non-hydrogen) atoms. The van der Waals surface area contributed by atoms with E-state index in [0.717, 1.165) is 29.0 Å². The first kappa shape index (κ1) is 20.1. The number of hydrogen-bond acceptors (Lipinski definition) is 6. The lowest BCUT2D eigenvalue weighted by Gasteiger charge is -2.15. The van der Waals surface area contributed by atoms with E-state index >= 15 is 0 Å². The summed E-state index contributed by atoms with van der Waals surface area (Å²) in [4.78, 5) is 0. The van der Waals surface area contributed by atoms with E-state index in [-0.39, 0.29) is 6.10 Å². The second-order valence-corrected chi connectivity index (χ2v) is 6.77. The number of methoxy groups -OCH3 is 3. The molecular weight excluding hydrogens is 358 g/mol. The molecule has 0 saturated heterocycles. The van der Waals surface area contributed by atoms with E-state index in [2.05, 4.69) is 24.4 Å². The molecule has 6 nitrogen and oxygen atoms in total. The van der Waals surface area contributed by atoms with Gasteiger partial charge in [-0.15, -0.1) is 0 Å². The molecule has 152 valence electrons. The summed E-state index contributed by atoms with van der Waals surface area (Å²) >= 11 is 0. The van der Waals surface area contributed by atoms with Crippen LogP contribution in [0.25, 0.3) is 0 Å². The van der Waals surface area contributed by atoms with E-state index in [9.17, 15) is 0 Å². The van der Waals surface area contributed by atoms with E-state index in [1.165, 1.54) is 5.56 Å². The molecule has 0 radical (unpaired) electrons. The highest BCUT2D eigenvalue weighted by molar-refractivity contribution is 5.54. The fourth-order valence-electron chi connectivity index (χ4n) is 3.49. The van der Waals surface area contributed by atoms with Crippen LogP contribution in [0.4, 0.5) is 0 Å². The molecule has 3 rings (SSSR count). The van der Waals surface area contributed by atoms with Crippen LogP contribution in [0.15, 0.2) is 24.3 Å². The Morgan fingerprint density at radius 1 is 0.964 bits per heavy atom. The van der Waals surface area contributed by atoms with Gasteiger partial charge in [-0.3, -0.25) is 0 Å². The Morgan fingerprint density at radius 3 is 2.29 bits per heavy atom. The van der Waals surface area contributed by atoms with E-state index in [4.69, 9.17) is 23.7 Å². The monoisotopic (exact) mass is 387 g/mol. The largest absolute Gasteiger partial charge is 0.494 e. The number of fused-ring (bicyclic) bond motifs is 1. The van der Waals surface area contributed by atoms with Crippen molar-refractivity contribution in [1.29, 1.82) is 0 Å². The fourth-order valence-corrected chi connectivity index (χ4v) is 3.49. The van der Waals surface area contributed by atoms with Crippen molar-refractivity contribution in [3.63, 3.8) is 0 Å². The van der Waals surface area contributed by atoms with Crippen molar-refractivity contribution in [2.75, 3.05) is 27.9 Å². The average molecular weight is 387 g/mol. The van der Waals surface area contributed by atoms with Gasteiger partial charge in [-0.2, -0.15) is 0 Å². The van der Waals surface area contributed by atoms with Gasteiger partial charge in [0.2, 0.25) is 5.75 Å². The first-order chi connectivity index (χ1) is 13.6. The minimum atomic E-state index is 0.215. The second-order valence-electron chi connectivity index (χ2n) is 6.77. The Hall–Kier alpha value is -2.60. The van der Waals surface area contributed by atoms with Crippen molar-refractivity contribution in [2.45, 2.75) is 39.5 Å². The van der Waals surface area contributed by atoms with Gasteiger partial charge in [0, 0.05) is 30.6 Å². The van der Waals surface area contributed by atoms with Crippen molar-refractivity contribution < 1.29 is 23.7 Å². The summed E-state index contributed by atoms with van der Waals surface area (Å²) in [6.07, 6.45) is 1.14. The summed E-state index contributed by atoms with van der Waals surface area (Å²) in [7, 11) is 4.84. The predicted octanol–water partition coefficient (Wildman–Crippen LogP) is 3.72. The first-order valence-electron chi connectivity index (χ1n) is 9.54. The Morgan fingerprint density at radius 2 is 1.68 bits per heavy atom. The van der Waals surface area contributed by atoms with Crippen LogP contribution in [0.1, 0.15) is 30.5 Å². The summed E-state index contributed by atoms with van der Waals surface area (Å²) in [5.41, 5.74) is 3.34. The van der Waals surface area contributed by atoms with Crippen molar-refractivity contribution in [3.05, 3.63) is 41.0 Å². The molecule has 0 amide bonds. The molecule has 0 aromatic heterocycles. The molecule has 1 heterocycles. The Bertz CT molecular complexity index is 796. The number of ether oxygens (including phenoxy) is 5. The molecule has 1 aliphatic heterocycles. The predicted molar refractivity (Wildman–Crippen MR) is 108 cm³/mol. The van der Waals surface area contributed by atoms with E-state index < -0.39 is 0 Å². The highest BCUT2D eigenvalue weighted by Crippen LogP contribution is 2.38.